The van der Waals surface area contributed by atoms with Crippen LogP contribution in [0.5, 0.6) is 0 Å². The van der Waals surface area contributed by atoms with Crippen LogP contribution in [-0.2, 0) is 12.6 Å². The molecular weight excluding hydrogens is 304 g/mol. The second-order valence-electron chi connectivity index (χ2n) is 4.53. The van der Waals surface area contributed by atoms with Crippen molar-refractivity contribution < 1.29 is 17.6 Å². The van der Waals surface area contributed by atoms with E-state index in [1.165, 1.54) is 6.07 Å². The number of hydrogen-bond acceptors (Lipinski definition) is 2. The van der Waals surface area contributed by atoms with Gasteiger partial charge in [-0.05, 0) is 19.1 Å². The molecule has 0 aliphatic rings. The molecule has 1 heterocycles. The lowest BCUT2D eigenvalue weighted by Gasteiger charge is -2.12. The van der Waals surface area contributed by atoms with E-state index in [4.69, 9.17) is 12.2 Å². The third kappa shape index (κ3) is 3.12. The number of aryl methyl sites for hydroxylation is 1. The summed E-state index contributed by atoms with van der Waals surface area (Å²) in [7, 11) is 0. The van der Waals surface area contributed by atoms with E-state index >= 15 is 0 Å². The summed E-state index contributed by atoms with van der Waals surface area (Å²) < 4.78 is 51.7. The first kappa shape index (κ1) is 15.6. The van der Waals surface area contributed by atoms with E-state index in [1.807, 2.05) is 6.92 Å². The quantitative estimate of drug-likeness (QED) is 0.635. The Hall–Kier alpha value is -1.76. The second-order valence-corrected chi connectivity index (χ2v) is 4.92. The van der Waals surface area contributed by atoms with E-state index in [9.17, 15) is 17.6 Å². The summed E-state index contributed by atoms with van der Waals surface area (Å²) in [5.41, 5.74) is 0.106. The van der Waals surface area contributed by atoms with Gasteiger partial charge in [0.15, 0.2) is 0 Å². The minimum Gasteiger partial charge on any atom is -0.343 e. The Morgan fingerprint density at radius 2 is 1.95 bits per heavy atom. The smallest absolute Gasteiger partial charge is 0.343 e. The molecule has 0 unspecified atom stereocenters. The lowest BCUT2D eigenvalue weighted by molar-refractivity contribution is -0.139. The van der Waals surface area contributed by atoms with Crippen molar-refractivity contribution in [3.05, 3.63) is 45.6 Å². The van der Waals surface area contributed by atoms with Gasteiger partial charge in [-0.25, -0.2) is 9.37 Å². The Balaban J connectivity index is 2.61. The second kappa shape index (κ2) is 5.55. The van der Waals surface area contributed by atoms with Gasteiger partial charge in [-0.1, -0.05) is 25.2 Å². The van der Waals surface area contributed by atoms with Gasteiger partial charge in [-0.3, -0.25) is 0 Å². The molecule has 0 atom stereocenters. The third-order valence-electron chi connectivity index (χ3n) is 3.10. The first-order chi connectivity index (χ1) is 9.74. The monoisotopic (exact) mass is 316 g/mol. The van der Waals surface area contributed by atoms with Gasteiger partial charge < -0.3 is 4.98 Å². The molecule has 7 heteroatoms. The molecule has 112 valence electrons. The molecule has 2 nitrogen and oxygen atoms in total. The Bertz CT molecular complexity index is 735. The van der Waals surface area contributed by atoms with Crippen molar-refractivity contribution in [1.29, 1.82) is 0 Å². The maximum Gasteiger partial charge on any atom is 0.419 e. The molecule has 0 fully saturated rings. The maximum absolute atomic E-state index is 13.7. The zero-order chi connectivity index (χ0) is 15.8. The van der Waals surface area contributed by atoms with Crippen LogP contribution in [0.25, 0.3) is 11.3 Å². The fourth-order valence-electron chi connectivity index (χ4n) is 1.94. The Morgan fingerprint density at radius 1 is 1.29 bits per heavy atom. The largest absolute Gasteiger partial charge is 0.419 e. The van der Waals surface area contributed by atoms with Crippen LogP contribution in [0.4, 0.5) is 17.6 Å². The van der Waals surface area contributed by atoms with Gasteiger partial charge in [0.25, 0.3) is 0 Å². The van der Waals surface area contributed by atoms with Crippen molar-refractivity contribution in [2.75, 3.05) is 0 Å². The van der Waals surface area contributed by atoms with Crippen LogP contribution in [0.3, 0.4) is 0 Å². The summed E-state index contributed by atoms with van der Waals surface area (Å²) in [6, 6.07) is 2.81. The molecule has 21 heavy (non-hydrogen) atoms. The molecule has 1 N–H and O–H groups in total. The molecule has 1 aromatic heterocycles. The van der Waals surface area contributed by atoms with Crippen LogP contribution in [0.1, 0.15) is 23.9 Å². The summed E-state index contributed by atoms with van der Waals surface area (Å²) in [6.07, 6.45) is -4.13. The number of benzene rings is 1. The number of aromatic nitrogens is 2. The summed E-state index contributed by atoms with van der Waals surface area (Å²) >= 11 is 5.11. The molecule has 2 aromatic rings. The molecule has 0 saturated heterocycles. The van der Waals surface area contributed by atoms with Crippen LogP contribution < -0.4 is 0 Å². The van der Waals surface area contributed by atoms with Gasteiger partial charge in [-0.15, -0.1) is 0 Å². The molecule has 0 amide bonds. The molecule has 0 saturated carbocycles. The fraction of sp³-hybridized carbons (Fsp3) is 0.286. The van der Waals surface area contributed by atoms with Crippen LogP contribution in [-0.4, -0.2) is 9.97 Å². The predicted octanol–water partition coefficient (Wildman–Crippen LogP) is 4.83. The van der Waals surface area contributed by atoms with Gasteiger partial charge >= 0.3 is 6.18 Å². The lowest BCUT2D eigenvalue weighted by atomic mass is 10.0. The van der Waals surface area contributed by atoms with Gasteiger partial charge in [0, 0.05) is 17.5 Å². The molecule has 0 aliphatic heterocycles. The van der Waals surface area contributed by atoms with E-state index in [2.05, 4.69) is 9.97 Å². The predicted molar refractivity (Wildman–Crippen MR) is 73.9 cm³/mol. The molecule has 0 bridgehead atoms. The first-order valence-corrected chi connectivity index (χ1v) is 6.61. The highest BCUT2D eigenvalue weighted by molar-refractivity contribution is 7.71. The van der Waals surface area contributed by atoms with Crippen molar-refractivity contribution in [1.82, 2.24) is 9.97 Å². The average Bonchev–Trinajstić information content (AvgIpc) is 2.40. The van der Waals surface area contributed by atoms with E-state index in [0.29, 0.717) is 33.7 Å². The van der Waals surface area contributed by atoms with Gasteiger partial charge in [0.1, 0.15) is 16.3 Å². The number of nitrogens with one attached hydrogen (secondary N) is 1. The van der Waals surface area contributed by atoms with E-state index < -0.39 is 17.6 Å². The number of halogens is 4. The van der Waals surface area contributed by atoms with Gasteiger partial charge in [0.05, 0.1) is 11.3 Å². The number of H-pyrrole nitrogens is 1. The Kier molecular flexibility index (Phi) is 4.13. The van der Waals surface area contributed by atoms with Crippen molar-refractivity contribution in [3.63, 3.8) is 0 Å². The number of hydrogen-bond donors (Lipinski definition) is 1. The molecule has 1 aromatic carbocycles. The molecule has 0 radical (unpaired) electrons. The topological polar surface area (TPSA) is 28.7 Å². The Labute approximate surface area is 123 Å². The summed E-state index contributed by atoms with van der Waals surface area (Å²) in [5.74, 6) is -0.713. The van der Waals surface area contributed by atoms with Crippen molar-refractivity contribution in [2.24, 2.45) is 0 Å². The van der Waals surface area contributed by atoms with Crippen molar-refractivity contribution >= 4 is 12.2 Å². The lowest BCUT2D eigenvalue weighted by Crippen LogP contribution is -2.08. The standard InChI is InChI=1S/C14H12F4N2S/c1-3-11-19-12(7(2)13(21)20-11)8-4-5-9(10(15)6-8)14(16,17)18/h4-6H,3H2,1-2H3,(H,19,20,21). The summed E-state index contributed by atoms with van der Waals surface area (Å²) in [5, 5.41) is 0. The summed E-state index contributed by atoms with van der Waals surface area (Å²) in [4.78, 5) is 7.12. The normalized spacial score (nSPS) is 11.7. The van der Waals surface area contributed by atoms with Gasteiger partial charge in [-0.2, -0.15) is 13.2 Å². The first-order valence-electron chi connectivity index (χ1n) is 6.21. The highest BCUT2D eigenvalue weighted by Gasteiger charge is 2.34. The van der Waals surface area contributed by atoms with Crippen LogP contribution in [0.2, 0.25) is 0 Å². The third-order valence-corrected chi connectivity index (χ3v) is 3.50. The zero-order valence-electron chi connectivity index (χ0n) is 11.3. The fourth-order valence-corrected chi connectivity index (χ4v) is 2.15. The molecule has 0 aliphatic carbocycles. The van der Waals surface area contributed by atoms with E-state index in [1.54, 1.807) is 6.92 Å². The van der Waals surface area contributed by atoms with E-state index in [-0.39, 0.29) is 0 Å². The number of aromatic amines is 1. The van der Waals surface area contributed by atoms with Gasteiger partial charge in [0.2, 0.25) is 0 Å². The number of rotatable bonds is 2. The van der Waals surface area contributed by atoms with E-state index in [0.717, 1.165) is 12.1 Å². The molecule has 0 spiro atoms. The highest BCUT2D eigenvalue weighted by atomic mass is 32.1. The molecular formula is C14H12F4N2S. The van der Waals surface area contributed by atoms with Crippen molar-refractivity contribution in [3.8, 4) is 11.3 Å². The zero-order valence-corrected chi connectivity index (χ0v) is 12.1. The SMILES string of the molecule is CCc1nc(=S)c(C)c(-c2ccc(C(F)(F)F)c(F)c2)[nH]1. The van der Waals surface area contributed by atoms with Crippen LogP contribution >= 0.6 is 12.2 Å². The minimum absolute atomic E-state index is 0.307. The maximum atomic E-state index is 13.7. The van der Waals surface area contributed by atoms with Crippen LogP contribution in [0.15, 0.2) is 18.2 Å². The highest BCUT2D eigenvalue weighted by Crippen LogP contribution is 2.33. The minimum atomic E-state index is -4.71. The molecule has 2 rings (SSSR count). The Morgan fingerprint density at radius 3 is 2.48 bits per heavy atom. The van der Waals surface area contributed by atoms with Crippen molar-refractivity contribution in [2.45, 2.75) is 26.4 Å². The summed E-state index contributed by atoms with van der Waals surface area (Å²) in [6.45, 7) is 3.55. The number of nitrogens with zero attached hydrogens (tertiary/aromatic N) is 1. The van der Waals surface area contributed by atoms with Crippen LogP contribution in [0, 0.1) is 17.4 Å². The average molecular weight is 316 g/mol. The number of alkyl halides is 3.